The lowest BCUT2D eigenvalue weighted by molar-refractivity contribution is -0.158. The van der Waals surface area contributed by atoms with Crippen molar-refractivity contribution in [3.8, 4) is 0 Å². The number of aliphatic carboxylic acids is 1. The second kappa shape index (κ2) is 10.9. The van der Waals surface area contributed by atoms with Crippen LogP contribution >= 0.6 is 0 Å². The van der Waals surface area contributed by atoms with Crippen molar-refractivity contribution in [3.63, 3.8) is 0 Å². The second-order valence-electron chi connectivity index (χ2n) is 10.6. The van der Waals surface area contributed by atoms with Crippen LogP contribution in [-0.4, -0.2) is 50.3 Å². The number of carboxylic acid groups (broad SMARTS) is 1. The van der Waals surface area contributed by atoms with E-state index in [-0.39, 0.29) is 24.0 Å². The van der Waals surface area contributed by atoms with Crippen molar-refractivity contribution in [1.82, 2.24) is 24.3 Å². The molecule has 0 spiro atoms. The molecule has 3 heterocycles. The average Bonchev–Trinajstić information content (AvgIpc) is 3.30. The summed E-state index contributed by atoms with van der Waals surface area (Å²) in [6.45, 7) is 10.4. The van der Waals surface area contributed by atoms with Gasteiger partial charge in [0, 0.05) is 32.0 Å². The van der Waals surface area contributed by atoms with Crippen LogP contribution in [0.15, 0.2) is 47.8 Å². The van der Waals surface area contributed by atoms with E-state index in [1.165, 1.54) is 10.5 Å². The largest absolute Gasteiger partial charge is 0.481 e. The number of hydrogen-bond donors (Lipinski definition) is 1. The Morgan fingerprint density at radius 1 is 1.29 bits per heavy atom. The smallest absolute Gasteiger partial charge is 0.312 e. The number of aryl methyl sites for hydroxylation is 2. The van der Waals surface area contributed by atoms with Gasteiger partial charge in [0.25, 0.3) is 0 Å². The Balaban J connectivity index is 1.67. The first-order chi connectivity index (χ1) is 17.9. The van der Waals surface area contributed by atoms with E-state index >= 15 is 0 Å². The van der Waals surface area contributed by atoms with Gasteiger partial charge in [-0.15, -0.1) is 5.10 Å². The number of rotatable bonds is 9. The Hall–Kier alpha value is -3.15. The minimum Gasteiger partial charge on any atom is -0.481 e. The summed E-state index contributed by atoms with van der Waals surface area (Å²) in [4.78, 5) is 16.5. The molecule has 1 aromatic carbocycles. The number of nitrogens with zero attached hydrogens (tertiary/aromatic N) is 5. The van der Waals surface area contributed by atoms with Gasteiger partial charge in [-0.25, -0.2) is 8.42 Å². The maximum Gasteiger partial charge on any atom is 0.312 e. The number of benzene rings is 1. The van der Waals surface area contributed by atoms with Crippen LogP contribution in [0.2, 0.25) is 0 Å². The topological polar surface area (TPSA) is 128 Å². The Bertz CT molecular complexity index is 1420. The third kappa shape index (κ3) is 5.64. The molecule has 3 aromatic rings. The van der Waals surface area contributed by atoms with Crippen LogP contribution in [0.25, 0.3) is 0 Å². The molecular weight excluding hydrogens is 506 g/mol. The van der Waals surface area contributed by atoms with E-state index in [1.807, 2.05) is 39.0 Å². The lowest BCUT2D eigenvalue weighted by atomic mass is 9.81. The highest BCUT2D eigenvalue weighted by Gasteiger charge is 2.40. The quantitative estimate of drug-likeness (QED) is 0.434. The zero-order valence-corrected chi connectivity index (χ0v) is 23.3. The van der Waals surface area contributed by atoms with Crippen molar-refractivity contribution < 1.29 is 23.1 Å². The summed E-state index contributed by atoms with van der Waals surface area (Å²) in [5.74, 6) is -0.884. The normalized spacial score (nSPS) is 18.5. The van der Waals surface area contributed by atoms with E-state index in [1.54, 1.807) is 37.0 Å². The molecule has 1 unspecified atom stereocenters. The fourth-order valence-electron chi connectivity index (χ4n) is 4.76. The molecule has 1 aliphatic heterocycles. The maximum absolute atomic E-state index is 13.6. The summed E-state index contributed by atoms with van der Waals surface area (Å²) in [7, 11) is -3.76. The van der Waals surface area contributed by atoms with Crippen molar-refractivity contribution in [2.45, 2.75) is 71.7 Å². The van der Waals surface area contributed by atoms with Crippen molar-refractivity contribution in [2.24, 2.45) is 11.3 Å². The highest BCUT2D eigenvalue weighted by molar-refractivity contribution is 7.89. The zero-order chi connectivity index (χ0) is 27.7. The molecule has 0 aliphatic carbocycles. The minimum absolute atomic E-state index is 0.0897. The second-order valence-corrected chi connectivity index (χ2v) is 12.5. The van der Waals surface area contributed by atoms with Gasteiger partial charge in [0.2, 0.25) is 10.0 Å². The fourth-order valence-corrected chi connectivity index (χ4v) is 6.47. The van der Waals surface area contributed by atoms with Gasteiger partial charge in [0.1, 0.15) is 10.6 Å². The van der Waals surface area contributed by atoms with Crippen LogP contribution in [0.4, 0.5) is 0 Å². The van der Waals surface area contributed by atoms with Crippen LogP contribution in [0.3, 0.4) is 0 Å². The van der Waals surface area contributed by atoms with Gasteiger partial charge >= 0.3 is 5.97 Å². The van der Waals surface area contributed by atoms with Gasteiger partial charge in [-0.05, 0) is 68.4 Å². The summed E-state index contributed by atoms with van der Waals surface area (Å²) in [6, 6.07) is 7.36. The van der Waals surface area contributed by atoms with E-state index in [2.05, 4.69) is 15.3 Å². The molecule has 0 saturated heterocycles. The monoisotopic (exact) mass is 541 g/mol. The number of hydrogen-bond acceptors (Lipinski definition) is 7. The van der Waals surface area contributed by atoms with E-state index in [0.717, 1.165) is 16.7 Å². The Labute approximate surface area is 223 Å². The molecule has 204 valence electrons. The highest BCUT2D eigenvalue weighted by atomic mass is 32.2. The Morgan fingerprint density at radius 2 is 2.05 bits per heavy atom. The predicted octanol–water partition coefficient (Wildman–Crippen LogP) is 3.75. The third-order valence-electron chi connectivity index (χ3n) is 7.11. The molecule has 2 aromatic heterocycles. The average molecular weight is 542 g/mol. The van der Waals surface area contributed by atoms with Gasteiger partial charge < -0.3 is 9.84 Å². The van der Waals surface area contributed by atoms with Crippen LogP contribution < -0.4 is 0 Å². The number of fused-ring (bicyclic) bond motifs is 1. The summed E-state index contributed by atoms with van der Waals surface area (Å²) in [5, 5.41) is 18.1. The molecule has 1 aliphatic rings. The fraction of sp³-hybridized carbons (Fsp3) is 0.481. The molecular formula is C27H35N5O5S. The highest BCUT2D eigenvalue weighted by Crippen LogP contribution is 2.39. The van der Waals surface area contributed by atoms with E-state index in [9.17, 15) is 18.3 Å². The van der Waals surface area contributed by atoms with Crippen molar-refractivity contribution >= 4 is 16.0 Å². The van der Waals surface area contributed by atoms with Gasteiger partial charge in [-0.2, -0.15) is 4.31 Å². The molecule has 4 rings (SSSR count). The third-order valence-corrected chi connectivity index (χ3v) is 8.99. The lowest BCUT2D eigenvalue weighted by Gasteiger charge is -2.31. The van der Waals surface area contributed by atoms with Crippen LogP contribution in [-0.2, 0) is 45.7 Å². The van der Waals surface area contributed by atoms with Gasteiger partial charge in [-0.1, -0.05) is 30.3 Å². The number of pyridine rings is 1. The summed E-state index contributed by atoms with van der Waals surface area (Å²) < 4.78 is 36.6. The van der Waals surface area contributed by atoms with Crippen LogP contribution in [0, 0.1) is 18.3 Å². The summed E-state index contributed by atoms with van der Waals surface area (Å²) in [5.41, 5.74) is 2.46. The van der Waals surface area contributed by atoms with E-state index in [4.69, 9.17) is 4.74 Å². The maximum atomic E-state index is 13.6. The van der Waals surface area contributed by atoms with E-state index < -0.39 is 27.5 Å². The van der Waals surface area contributed by atoms with Crippen LogP contribution in [0.1, 0.15) is 61.7 Å². The molecule has 0 bridgehead atoms. The van der Waals surface area contributed by atoms with Gasteiger partial charge in [0.05, 0.1) is 24.3 Å². The first-order valence-corrected chi connectivity index (χ1v) is 14.1. The number of ether oxygens (including phenoxy) is 1. The molecule has 0 fully saturated rings. The molecule has 1 N–H and O–H groups in total. The molecule has 10 nitrogen and oxygen atoms in total. The predicted molar refractivity (Wildman–Crippen MR) is 141 cm³/mol. The SMILES string of the molecule is CCn1cc(COC(c2ccc(C)c(CN3C[C@@H](C)Cc4ccncc4S3(=O)=O)c2)C(C)(C)C(=O)O)nn1. The summed E-state index contributed by atoms with van der Waals surface area (Å²) >= 11 is 0. The minimum atomic E-state index is -3.76. The molecule has 0 saturated carbocycles. The van der Waals surface area contributed by atoms with Crippen molar-refractivity contribution in [2.75, 3.05) is 6.54 Å². The number of carboxylic acids is 1. The summed E-state index contributed by atoms with van der Waals surface area (Å²) in [6.07, 6.45) is 4.65. The Kier molecular flexibility index (Phi) is 8.01. The van der Waals surface area contributed by atoms with Crippen LogP contribution in [0.5, 0.6) is 0 Å². The van der Waals surface area contributed by atoms with Crippen molar-refractivity contribution in [1.29, 1.82) is 0 Å². The zero-order valence-electron chi connectivity index (χ0n) is 22.5. The van der Waals surface area contributed by atoms with Gasteiger partial charge in [0.15, 0.2) is 0 Å². The molecule has 11 heteroatoms. The van der Waals surface area contributed by atoms with E-state index in [0.29, 0.717) is 30.8 Å². The standard InChI is InChI=1S/C27H35N5O5S/c1-6-31-16-23(29-30-31)17-37-25(27(4,5)26(33)34)21-8-7-19(3)22(12-21)15-32-14-18(2)11-20-9-10-28-13-24(20)38(32,35)36/h7-10,12-13,16,18,25H,6,11,14-15,17H2,1-5H3,(H,33,34)/t18-,25?/m0/s1. The number of carbonyl (C=O) groups is 1. The first kappa shape index (κ1) is 27.9. The number of aromatic nitrogens is 4. The molecule has 38 heavy (non-hydrogen) atoms. The Morgan fingerprint density at radius 3 is 2.74 bits per heavy atom. The van der Waals surface area contributed by atoms with Crippen molar-refractivity contribution in [3.05, 3.63) is 70.8 Å². The molecule has 2 atom stereocenters. The van der Waals surface area contributed by atoms with Gasteiger partial charge in [-0.3, -0.25) is 14.5 Å². The first-order valence-electron chi connectivity index (χ1n) is 12.7. The molecule has 0 radical (unpaired) electrons. The molecule has 0 amide bonds. The lowest BCUT2D eigenvalue weighted by Crippen LogP contribution is -2.34. The number of sulfonamides is 1.